The van der Waals surface area contributed by atoms with Crippen LogP contribution < -0.4 is 0 Å². The van der Waals surface area contributed by atoms with Crippen LogP contribution in [0.5, 0.6) is 0 Å². The van der Waals surface area contributed by atoms with Gasteiger partial charge in [-0.3, -0.25) is 0 Å². The van der Waals surface area contributed by atoms with Crippen LogP contribution in [0.25, 0.3) is 0 Å². The van der Waals surface area contributed by atoms with Crippen LogP contribution in [-0.2, 0) is 4.74 Å². The average molecular weight is 159 g/mol. The Bertz CT molecular complexity index is 163. The molecule has 2 heteroatoms. The third-order valence-corrected chi connectivity index (χ3v) is 1.87. The first-order valence-corrected chi connectivity index (χ1v) is 3.67. The van der Waals surface area contributed by atoms with Crippen LogP contribution in [0.4, 0.5) is 0 Å². The Kier molecular flexibility index (Phi) is 2.52. The Morgan fingerprint density at radius 1 is 1.60 bits per heavy atom. The Balaban J connectivity index is 2.52. The molecule has 1 aliphatic rings. The summed E-state index contributed by atoms with van der Waals surface area (Å²) in [5.74, 6) is 0. The van der Waals surface area contributed by atoms with Crippen LogP contribution in [0.3, 0.4) is 0 Å². The van der Waals surface area contributed by atoms with E-state index in [-0.39, 0.29) is 4.87 Å². The highest BCUT2D eigenvalue weighted by Crippen LogP contribution is 2.25. The average Bonchev–Trinajstić information content (AvgIpc) is 1.89. The Labute approximate surface area is 66.3 Å². The second-order valence-corrected chi connectivity index (χ2v) is 3.21. The summed E-state index contributed by atoms with van der Waals surface area (Å²) in [4.78, 5) is -0.288. The van der Waals surface area contributed by atoms with Gasteiger partial charge in [0.2, 0.25) is 0 Å². The molecule has 0 aromatic rings. The van der Waals surface area contributed by atoms with Gasteiger partial charge in [-0.2, -0.15) is 0 Å². The van der Waals surface area contributed by atoms with Gasteiger partial charge in [0.05, 0.1) is 11.5 Å². The molecule has 0 fully saturated rings. The molecule has 1 atom stereocenters. The molecule has 0 radical (unpaired) electrons. The molecular formula is C8H11ClO. The summed E-state index contributed by atoms with van der Waals surface area (Å²) >= 11 is 6.11. The maximum absolute atomic E-state index is 6.11. The fourth-order valence-electron chi connectivity index (χ4n) is 0.986. The highest BCUT2D eigenvalue weighted by atomic mass is 35.5. The molecule has 10 heavy (non-hydrogen) atoms. The fourth-order valence-corrected chi connectivity index (χ4v) is 1.26. The molecule has 0 spiro atoms. The van der Waals surface area contributed by atoms with Gasteiger partial charge in [0.15, 0.2) is 0 Å². The van der Waals surface area contributed by atoms with E-state index < -0.39 is 0 Å². The van der Waals surface area contributed by atoms with E-state index in [0.717, 1.165) is 6.42 Å². The van der Waals surface area contributed by atoms with E-state index in [1.165, 1.54) is 0 Å². The number of ether oxygens (including phenoxy) is 1. The van der Waals surface area contributed by atoms with Gasteiger partial charge < -0.3 is 4.74 Å². The van der Waals surface area contributed by atoms with Crippen LogP contribution in [0.15, 0.2) is 24.3 Å². The zero-order chi connectivity index (χ0) is 7.45. The molecule has 0 aromatic heterocycles. The van der Waals surface area contributed by atoms with E-state index in [1.807, 2.05) is 24.3 Å². The number of hydrogen-bond acceptors (Lipinski definition) is 1. The molecule has 0 amide bonds. The Morgan fingerprint density at radius 3 is 2.90 bits per heavy atom. The normalized spacial score (nSPS) is 31.0. The van der Waals surface area contributed by atoms with Crippen molar-refractivity contribution in [2.75, 3.05) is 13.7 Å². The second kappa shape index (κ2) is 3.22. The number of hydrogen-bond donors (Lipinski definition) is 0. The maximum Gasteiger partial charge on any atom is 0.0896 e. The van der Waals surface area contributed by atoms with Gasteiger partial charge in [0, 0.05) is 7.11 Å². The highest BCUT2D eigenvalue weighted by molar-refractivity contribution is 6.25. The minimum Gasteiger partial charge on any atom is -0.383 e. The van der Waals surface area contributed by atoms with Gasteiger partial charge in [-0.25, -0.2) is 0 Å². The Hall–Kier alpha value is -0.270. The molecule has 0 N–H and O–H groups in total. The van der Waals surface area contributed by atoms with E-state index in [2.05, 4.69) is 0 Å². The highest BCUT2D eigenvalue weighted by Gasteiger charge is 2.22. The monoisotopic (exact) mass is 158 g/mol. The number of allylic oxidation sites excluding steroid dienone is 3. The zero-order valence-corrected chi connectivity index (χ0v) is 6.77. The molecule has 1 nitrogen and oxygen atoms in total. The standard InChI is InChI=1S/C8H11ClO/c1-10-7-8(9)5-3-2-4-6-8/h2-5H,6-7H2,1H3. The van der Waals surface area contributed by atoms with E-state index in [9.17, 15) is 0 Å². The van der Waals surface area contributed by atoms with Crippen molar-refractivity contribution >= 4 is 11.6 Å². The molecule has 1 rings (SSSR count). The lowest BCUT2D eigenvalue weighted by atomic mass is 10.0. The molecule has 0 saturated heterocycles. The first-order valence-electron chi connectivity index (χ1n) is 3.29. The summed E-state index contributed by atoms with van der Waals surface area (Å²) in [5, 5.41) is 0. The molecule has 1 aliphatic carbocycles. The molecule has 0 saturated carbocycles. The van der Waals surface area contributed by atoms with Crippen molar-refractivity contribution in [3.8, 4) is 0 Å². The molecule has 56 valence electrons. The van der Waals surface area contributed by atoms with Crippen molar-refractivity contribution in [3.63, 3.8) is 0 Å². The van der Waals surface area contributed by atoms with Crippen LogP contribution in [0.2, 0.25) is 0 Å². The van der Waals surface area contributed by atoms with Gasteiger partial charge in [0.25, 0.3) is 0 Å². The Morgan fingerprint density at radius 2 is 2.40 bits per heavy atom. The summed E-state index contributed by atoms with van der Waals surface area (Å²) in [6.07, 6.45) is 8.83. The summed E-state index contributed by atoms with van der Waals surface area (Å²) in [5.41, 5.74) is 0. The molecule has 0 heterocycles. The molecule has 0 bridgehead atoms. The van der Waals surface area contributed by atoms with Crippen molar-refractivity contribution in [3.05, 3.63) is 24.3 Å². The lowest BCUT2D eigenvalue weighted by Crippen LogP contribution is -2.24. The van der Waals surface area contributed by atoms with Gasteiger partial charge in [-0.05, 0) is 6.42 Å². The minimum atomic E-state index is -0.288. The molecule has 0 aromatic carbocycles. The van der Waals surface area contributed by atoms with Crippen LogP contribution in [0.1, 0.15) is 6.42 Å². The van der Waals surface area contributed by atoms with Crippen LogP contribution in [0, 0.1) is 0 Å². The van der Waals surface area contributed by atoms with Gasteiger partial charge in [-0.1, -0.05) is 24.3 Å². The third-order valence-electron chi connectivity index (χ3n) is 1.48. The first kappa shape index (κ1) is 7.83. The summed E-state index contributed by atoms with van der Waals surface area (Å²) in [7, 11) is 1.66. The lowest BCUT2D eigenvalue weighted by molar-refractivity contribution is 0.179. The number of alkyl halides is 1. The molecule has 0 aliphatic heterocycles. The minimum absolute atomic E-state index is 0.288. The fraction of sp³-hybridized carbons (Fsp3) is 0.500. The molecule has 1 unspecified atom stereocenters. The summed E-state index contributed by atoms with van der Waals surface area (Å²) < 4.78 is 4.97. The summed E-state index contributed by atoms with van der Waals surface area (Å²) in [6.45, 7) is 0.579. The van der Waals surface area contributed by atoms with Crippen molar-refractivity contribution < 1.29 is 4.74 Å². The maximum atomic E-state index is 6.11. The SMILES string of the molecule is COCC1(Cl)C=CC=CC1. The van der Waals surface area contributed by atoms with Gasteiger partial charge >= 0.3 is 0 Å². The van der Waals surface area contributed by atoms with Crippen molar-refractivity contribution in [2.45, 2.75) is 11.3 Å². The smallest absolute Gasteiger partial charge is 0.0896 e. The predicted octanol–water partition coefficient (Wildman–Crippen LogP) is 2.13. The van der Waals surface area contributed by atoms with E-state index in [4.69, 9.17) is 16.3 Å². The lowest BCUT2D eigenvalue weighted by Gasteiger charge is -2.22. The topological polar surface area (TPSA) is 9.23 Å². The summed E-state index contributed by atoms with van der Waals surface area (Å²) in [6, 6.07) is 0. The molecular weight excluding hydrogens is 148 g/mol. The van der Waals surface area contributed by atoms with Gasteiger partial charge in [-0.15, -0.1) is 11.6 Å². The van der Waals surface area contributed by atoms with Crippen LogP contribution >= 0.6 is 11.6 Å². The zero-order valence-electron chi connectivity index (χ0n) is 6.01. The second-order valence-electron chi connectivity index (χ2n) is 2.46. The number of halogens is 1. The first-order chi connectivity index (χ1) is 4.77. The van der Waals surface area contributed by atoms with E-state index in [0.29, 0.717) is 6.61 Å². The van der Waals surface area contributed by atoms with E-state index >= 15 is 0 Å². The largest absolute Gasteiger partial charge is 0.383 e. The number of rotatable bonds is 2. The predicted molar refractivity (Wildman–Crippen MR) is 43.4 cm³/mol. The van der Waals surface area contributed by atoms with Crippen molar-refractivity contribution in [2.24, 2.45) is 0 Å². The quantitative estimate of drug-likeness (QED) is 0.560. The van der Waals surface area contributed by atoms with Crippen molar-refractivity contribution in [1.29, 1.82) is 0 Å². The third kappa shape index (κ3) is 1.86. The van der Waals surface area contributed by atoms with Crippen LogP contribution in [-0.4, -0.2) is 18.6 Å². The number of methoxy groups -OCH3 is 1. The van der Waals surface area contributed by atoms with Crippen molar-refractivity contribution in [1.82, 2.24) is 0 Å². The van der Waals surface area contributed by atoms with Gasteiger partial charge in [0.1, 0.15) is 0 Å². The van der Waals surface area contributed by atoms with E-state index in [1.54, 1.807) is 7.11 Å².